The van der Waals surface area contributed by atoms with Gasteiger partial charge in [0.2, 0.25) is 0 Å². The van der Waals surface area contributed by atoms with Gasteiger partial charge in [0.1, 0.15) is 48.8 Å². The summed E-state index contributed by atoms with van der Waals surface area (Å²) in [4.78, 5) is 0. The summed E-state index contributed by atoms with van der Waals surface area (Å²) in [5, 5.41) is 77.4. The van der Waals surface area contributed by atoms with Gasteiger partial charge in [-0.3, -0.25) is 0 Å². The molecule has 11 nitrogen and oxygen atoms in total. The summed E-state index contributed by atoms with van der Waals surface area (Å²) >= 11 is 0. The van der Waals surface area contributed by atoms with E-state index in [1.54, 1.807) is 0 Å². The van der Waals surface area contributed by atoms with Crippen LogP contribution in [0.4, 0.5) is 0 Å². The van der Waals surface area contributed by atoms with Crippen LogP contribution in [-0.2, 0) is 14.2 Å². The minimum Gasteiger partial charge on any atom is -0.394 e. The first-order chi connectivity index (χ1) is 11.2. The molecule has 0 spiro atoms. The van der Waals surface area contributed by atoms with E-state index in [0.717, 1.165) is 0 Å². The molecule has 2 unspecified atom stereocenters. The first-order valence-corrected chi connectivity index (χ1v) is 7.47. The lowest BCUT2D eigenvalue weighted by atomic mass is 9.93. The quantitative estimate of drug-likeness (QED) is 0.241. The molecule has 0 amide bonds. The fraction of sp³-hybridized carbons (Fsp3) is 1.00. The molecule has 0 saturated carbocycles. The van der Waals surface area contributed by atoms with Crippen molar-refractivity contribution in [2.45, 2.75) is 67.8 Å². The van der Waals surface area contributed by atoms with Crippen LogP contribution < -0.4 is 0 Å². The van der Waals surface area contributed by atoms with Crippen molar-refractivity contribution in [3.8, 4) is 0 Å². The molecule has 2 heterocycles. The normalized spacial score (nSPS) is 53.1. The maximum absolute atomic E-state index is 10.1. The Kier molecular flexibility index (Phi) is 6.16. The van der Waals surface area contributed by atoms with Crippen molar-refractivity contribution in [3.63, 3.8) is 0 Å². The molecule has 2 aliphatic rings. The Morgan fingerprint density at radius 2 is 1.33 bits per heavy atom. The predicted octanol–water partition coefficient (Wildman–Crippen LogP) is -5.01. The zero-order valence-corrected chi connectivity index (χ0v) is 12.9. The van der Waals surface area contributed by atoms with Crippen LogP contribution in [0.25, 0.3) is 0 Å². The molecule has 0 aromatic heterocycles. The molecule has 24 heavy (non-hydrogen) atoms. The molecule has 0 aliphatic carbocycles. The van der Waals surface area contributed by atoms with E-state index in [-0.39, 0.29) is 0 Å². The van der Waals surface area contributed by atoms with E-state index in [9.17, 15) is 35.7 Å². The monoisotopic (exact) mass is 356 g/mol. The number of hydrogen-bond donors (Lipinski definition) is 8. The van der Waals surface area contributed by atoms with E-state index < -0.39 is 74.1 Å². The van der Waals surface area contributed by atoms with Gasteiger partial charge in [-0.15, -0.1) is 0 Å². The largest absolute Gasteiger partial charge is 0.394 e. The minimum absolute atomic E-state index is 0.675. The number of rotatable bonds is 4. The molecule has 2 saturated heterocycles. The van der Waals surface area contributed by atoms with Gasteiger partial charge in [-0.1, -0.05) is 0 Å². The number of ether oxygens (including phenoxy) is 3. The smallest absolute Gasteiger partial charge is 0.197 e. The Morgan fingerprint density at radius 1 is 0.792 bits per heavy atom. The third-order valence-corrected chi connectivity index (χ3v) is 4.36. The second kappa shape index (κ2) is 7.43. The van der Waals surface area contributed by atoms with Gasteiger partial charge in [-0.25, -0.2) is 0 Å². The van der Waals surface area contributed by atoms with Gasteiger partial charge in [-0.05, 0) is 6.92 Å². The van der Waals surface area contributed by atoms with Crippen LogP contribution in [0.3, 0.4) is 0 Å². The Morgan fingerprint density at radius 3 is 1.88 bits per heavy atom. The molecule has 8 N–H and O–H groups in total. The third-order valence-electron chi connectivity index (χ3n) is 4.36. The molecule has 11 heteroatoms. The van der Waals surface area contributed by atoms with Gasteiger partial charge in [0.25, 0.3) is 0 Å². The first kappa shape index (κ1) is 19.9. The van der Waals surface area contributed by atoms with Crippen molar-refractivity contribution in [1.82, 2.24) is 0 Å². The van der Waals surface area contributed by atoms with Crippen LogP contribution in [0.5, 0.6) is 0 Å². The Labute approximate surface area is 137 Å². The molecule has 0 aromatic carbocycles. The summed E-state index contributed by atoms with van der Waals surface area (Å²) in [6, 6.07) is 0. The minimum atomic E-state index is -2.01. The Bertz CT molecular complexity index is 419. The summed E-state index contributed by atoms with van der Waals surface area (Å²) in [5.74, 6) is -2.01. The number of aliphatic hydroxyl groups excluding tert-OH is 8. The van der Waals surface area contributed by atoms with Crippen molar-refractivity contribution < 1.29 is 55.1 Å². The van der Waals surface area contributed by atoms with Crippen molar-refractivity contribution in [2.24, 2.45) is 0 Å². The van der Waals surface area contributed by atoms with Crippen molar-refractivity contribution >= 4 is 0 Å². The fourth-order valence-electron chi connectivity index (χ4n) is 2.79. The van der Waals surface area contributed by atoms with E-state index in [1.165, 1.54) is 6.92 Å². The molecule has 2 aliphatic heterocycles. The van der Waals surface area contributed by atoms with Gasteiger partial charge in [0, 0.05) is 0 Å². The topological polar surface area (TPSA) is 190 Å². The highest BCUT2D eigenvalue weighted by Crippen LogP contribution is 2.34. The Hall–Kier alpha value is -0.440. The van der Waals surface area contributed by atoms with Crippen LogP contribution in [-0.4, -0.2) is 115 Å². The van der Waals surface area contributed by atoms with Crippen molar-refractivity contribution in [1.29, 1.82) is 0 Å². The molecule has 2 rings (SSSR count). The van der Waals surface area contributed by atoms with Crippen molar-refractivity contribution in [3.05, 3.63) is 0 Å². The van der Waals surface area contributed by atoms with Crippen LogP contribution >= 0.6 is 0 Å². The average molecular weight is 356 g/mol. The van der Waals surface area contributed by atoms with Gasteiger partial charge in [-0.2, -0.15) is 0 Å². The summed E-state index contributed by atoms with van der Waals surface area (Å²) in [6.45, 7) is -0.180. The molecular formula is C13H24O11. The van der Waals surface area contributed by atoms with Crippen LogP contribution in [0.2, 0.25) is 0 Å². The first-order valence-electron chi connectivity index (χ1n) is 7.47. The number of aliphatic hydroxyl groups is 8. The van der Waals surface area contributed by atoms with Gasteiger partial charge in [0.05, 0.1) is 13.2 Å². The summed E-state index contributed by atoms with van der Waals surface area (Å²) in [6.07, 6.45) is -14.2. The molecule has 0 bridgehead atoms. The molecule has 10 atom stereocenters. The SMILES string of the molecule is CC1(OC2O[C@H](CO)[C@@H](O)[C@H](O)[C@@H]2O)O[C@H](CO)[C@@H](O)[C@H](O)[C@@H]1O. The molecule has 0 radical (unpaired) electrons. The summed E-state index contributed by atoms with van der Waals surface area (Å²) in [5.41, 5.74) is 0. The summed E-state index contributed by atoms with van der Waals surface area (Å²) < 4.78 is 15.8. The van der Waals surface area contributed by atoms with Gasteiger partial charge >= 0.3 is 0 Å². The van der Waals surface area contributed by atoms with E-state index in [2.05, 4.69) is 0 Å². The second-order valence-corrected chi connectivity index (χ2v) is 6.10. The number of hydrogen-bond acceptors (Lipinski definition) is 11. The van der Waals surface area contributed by atoms with Crippen molar-refractivity contribution in [2.75, 3.05) is 13.2 Å². The fourth-order valence-corrected chi connectivity index (χ4v) is 2.79. The maximum Gasteiger partial charge on any atom is 0.197 e. The average Bonchev–Trinajstić information content (AvgIpc) is 2.57. The van der Waals surface area contributed by atoms with Gasteiger partial charge < -0.3 is 55.1 Å². The van der Waals surface area contributed by atoms with Crippen LogP contribution in [0.15, 0.2) is 0 Å². The lowest BCUT2D eigenvalue weighted by Crippen LogP contribution is -2.68. The van der Waals surface area contributed by atoms with Crippen LogP contribution in [0, 0.1) is 0 Å². The molecular weight excluding hydrogens is 332 g/mol. The van der Waals surface area contributed by atoms with Crippen LogP contribution in [0.1, 0.15) is 6.92 Å². The van der Waals surface area contributed by atoms with Gasteiger partial charge in [0.15, 0.2) is 12.1 Å². The molecule has 0 aromatic rings. The lowest BCUT2D eigenvalue weighted by Gasteiger charge is -2.49. The molecule has 142 valence electrons. The van der Waals surface area contributed by atoms with E-state index >= 15 is 0 Å². The highest BCUT2D eigenvalue weighted by Gasteiger charge is 2.55. The maximum atomic E-state index is 10.1. The summed E-state index contributed by atoms with van der Waals surface area (Å²) in [7, 11) is 0. The highest BCUT2D eigenvalue weighted by atomic mass is 16.8. The highest BCUT2D eigenvalue weighted by molar-refractivity contribution is 4.96. The van der Waals surface area contributed by atoms with E-state index in [1.807, 2.05) is 0 Å². The van der Waals surface area contributed by atoms with E-state index in [0.29, 0.717) is 0 Å². The molecule has 2 fully saturated rings. The van der Waals surface area contributed by atoms with E-state index in [4.69, 9.17) is 19.3 Å². The standard InChI is InChI=1S/C13H24O11/c1-13(11(21)9(19)7(17)5(3-15)23-13)24-12-10(20)8(18)6(16)4(2-14)22-12/h4-12,14-21H,2-3H2,1H3/t4-,5-,6-,7-,8+,9+,10+,11+,12?,13?/m1/s1. The zero-order valence-electron chi connectivity index (χ0n) is 12.9. The second-order valence-electron chi connectivity index (χ2n) is 6.10. The lowest BCUT2D eigenvalue weighted by molar-refractivity contribution is -0.416. The zero-order chi connectivity index (χ0) is 18.2. The third kappa shape index (κ3) is 3.43. The predicted molar refractivity (Wildman–Crippen MR) is 73.2 cm³/mol. The Balaban J connectivity index is 2.18.